The largest absolute Gasteiger partial charge is 0.360 e. The molecule has 5 heteroatoms. The number of nitrogens with one attached hydrogen (secondary N) is 1. The smallest absolute Gasteiger partial charge is 0.193 e. The van der Waals surface area contributed by atoms with Gasteiger partial charge in [0.15, 0.2) is 5.96 Å². The van der Waals surface area contributed by atoms with Crippen molar-refractivity contribution in [2.75, 3.05) is 44.7 Å². The molecule has 0 unspecified atom stereocenters. The molecule has 1 saturated carbocycles. The SMILES string of the molecule is CN=C(NCC1(c2ccccc2)CC1)N1CCN(c2cccs2)CC1. The number of guanidine groups is 1. The minimum atomic E-state index is 0.315. The Bertz CT molecular complexity index is 699. The summed E-state index contributed by atoms with van der Waals surface area (Å²) in [5.74, 6) is 1.05. The Morgan fingerprint density at radius 1 is 1.08 bits per heavy atom. The van der Waals surface area contributed by atoms with Gasteiger partial charge in [0, 0.05) is 45.2 Å². The highest BCUT2D eigenvalue weighted by atomic mass is 32.1. The molecule has 1 aromatic carbocycles. The summed E-state index contributed by atoms with van der Waals surface area (Å²) in [5, 5.41) is 7.18. The quantitative estimate of drug-likeness (QED) is 0.676. The average molecular weight is 355 g/mol. The molecule has 0 amide bonds. The van der Waals surface area contributed by atoms with Crippen LogP contribution in [-0.2, 0) is 5.41 Å². The molecule has 2 aromatic rings. The molecule has 1 aliphatic carbocycles. The predicted octanol–water partition coefficient (Wildman–Crippen LogP) is 3.18. The minimum absolute atomic E-state index is 0.315. The fourth-order valence-electron chi connectivity index (χ4n) is 3.68. The number of anilines is 1. The van der Waals surface area contributed by atoms with Gasteiger partial charge in [0.05, 0.1) is 5.00 Å². The van der Waals surface area contributed by atoms with Crippen molar-refractivity contribution in [2.24, 2.45) is 4.99 Å². The van der Waals surface area contributed by atoms with Gasteiger partial charge in [-0.2, -0.15) is 0 Å². The second-order valence-corrected chi connectivity index (χ2v) is 7.90. The molecule has 0 bridgehead atoms. The first-order chi connectivity index (χ1) is 12.3. The van der Waals surface area contributed by atoms with Crippen molar-refractivity contribution in [1.82, 2.24) is 10.2 Å². The number of hydrogen-bond donors (Lipinski definition) is 1. The second-order valence-electron chi connectivity index (χ2n) is 6.97. The van der Waals surface area contributed by atoms with E-state index in [-0.39, 0.29) is 0 Å². The van der Waals surface area contributed by atoms with Crippen LogP contribution in [0.4, 0.5) is 5.00 Å². The molecule has 0 atom stereocenters. The monoisotopic (exact) mass is 354 g/mol. The maximum Gasteiger partial charge on any atom is 0.193 e. The number of benzene rings is 1. The Labute approximate surface area is 154 Å². The summed E-state index contributed by atoms with van der Waals surface area (Å²) < 4.78 is 0. The van der Waals surface area contributed by atoms with Crippen molar-refractivity contribution >= 4 is 22.3 Å². The van der Waals surface area contributed by atoms with Gasteiger partial charge in [-0.25, -0.2) is 0 Å². The highest BCUT2D eigenvalue weighted by Gasteiger charge is 2.44. The van der Waals surface area contributed by atoms with Gasteiger partial charge in [-0.15, -0.1) is 11.3 Å². The fraction of sp³-hybridized carbons (Fsp3) is 0.450. The maximum absolute atomic E-state index is 4.54. The van der Waals surface area contributed by atoms with E-state index in [0.717, 1.165) is 38.7 Å². The molecule has 1 aromatic heterocycles. The minimum Gasteiger partial charge on any atom is -0.360 e. The summed E-state index contributed by atoms with van der Waals surface area (Å²) in [4.78, 5) is 9.41. The summed E-state index contributed by atoms with van der Waals surface area (Å²) in [6, 6.07) is 15.3. The van der Waals surface area contributed by atoms with Crippen LogP contribution in [0.3, 0.4) is 0 Å². The van der Waals surface area contributed by atoms with Crippen LogP contribution < -0.4 is 10.2 Å². The molecular formula is C20H26N4S. The van der Waals surface area contributed by atoms with Crippen molar-refractivity contribution < 1.29 is 0 Å². The van der Waals surface area contributed by atoms with Crippen LogP contribution in [0.1, 0.15) is 18.4 Å². The van der Waals surface area contributed by atoms with E-state index in [0.29, 0.717) is 5.41 Å². The predicted molar refractivity (Wildman–Crippen MR) is 107 cm³/mol. The van der Waals surface area contributed by atoms with Crippen molar-refractivity contribution in [2.45, 2.75) is 18.3 Å². The van der Waals surface area contributed by atoms with Crippen LogP contribution in [0.2, 0.25) is 0 Å². The van der Waals surface area contributed by atoms with E-state index in [9.17, 15) is 0 Å². The molecule has 1 N–H and O–H groups in total. The van der Waals surface area contributed by atoms with Crippen LogP contribution in [0, 0.1) is 0 Å². The Morgan fingerprint density at radius 2 is 1.84 bits per heavy atom. The first-order valence-corrected chi connectivity index (χ1v) is 9.98. The summed E-state index contributed by atoms with van der Waals surface area (Å²) in [7, 11) is 1.90. The number of hydrogen-bond acceptors (Lipinski definition) is 3. The lowest BCUT2D eigenvalue weighted by molar-refractivity contribution is 0.371. The van der Waals surface area contributed by atoms with Crippen molar-refractivity contribution in [3.63, 3.8) is 0 Å². The molecule has 4 rings (SSSR count). The number of nitrogens with zero attached hydrogens (tertiary/aromatic N) is 3. The Morgan fingerprint density at radius 3 is 2.44 bits per heavy atom. The number of rotatable bonds is 4. The zero-order chi connectivity index (χ0) is 17.1. The Hall–Kier alpha value is -2.01. The Kier molecular flexibility index (Phi) is 4.66. The molecule has 132 valence electrons. The van der Waals surface area contributed by atoms with Gasteiger partial charge in [0.1, 0.15) is 0 Å². The first-order valence-electron chi connectivity index (χ1n) is 9.10. The summed E-state index contributed by atoms with van der Waals surface area (Å²) in [6.45, 7) is 5.15. The molecule has 25 heavy (non-hydrogen) atoms. The van der Waals surface area contributed by atoms with E-state index < -0.39 is 0 Å². The lowest BCUT2D eigenvalue weighted by Gasteiger charge is -2.37. The van der Waals surface area contributed by atoms with Crippen molar-refractivity contribution in [3.8, 4) is 0 Å². The topological polar surface area (TPSA) is 30.9 Å². The van der Waals surface area contributed by atoms with Crippen LogP contribution in [0.5, 0.6) is 0 Å². The molecule has 1 saturated heterocycles. The van der Waals surface area contributed by atoms with Gasteiger partial charge in [-0.3, -0.25) is 4.99 Å². The van der Waals surface area contributed by atoms with Gasteiger partial charge in [0.25, 0.3) is 0 Å². The maximum atomic E-state index is 4.54. The molecule has 2 heterocycles. The highest BCUT2D eigenvalue weighted by molar-refractivity contribution is 7.14. The third kappa shape index (κ3) is 3.52. The molecular weight excluding hydrogens is 328 g/mol. The standard InChI is InChI=1S/C20H26N4S/c1-21-19(22-16-20(9-10-20)17-6-3-2-4-7-17)24-13-11-23(12-14-24)18-8-5-15-25-18/h2-8,15H,9-14,16H2,1H3,(H,21,22). The number of piperazine rings is 1. The summed E-state index contributed by atoms with van der Waals surface area (Å²) in [5.41, 5.74) is 1.77. The summed E-state index contributed by atoms with van der Waals surface area (Å²) >= 11 is 1.83. The van der Waals surface area contributed by atoms with E-state index in [1.54, 1.807) is 0 Å². The summed E-state index contributed by atoms with van der Waals surface area (Å²) in [6.07, 6.45) is 2.54. The molecule has 2 aliphatic rings. The molecule has 0 spiro atoms. The van der Waals surface area contributed by atoms with E-state index >= 15 is 0 Å². The lowest BCUT2D eigenvalue weighted by Crippen LogP contribution is -2.53. The Balaban J connectivity index is 1.33. The van der Waals surface area contributed by atoms with E-state index in [4.69, 9.17) is 0 Å². The second kappa shape index (κ2) is 7.08. The normalized spacial score (nSPS) is 19.8. The van der Waals surface area contributed by atoms with Crippen LogP contribution in [0.15, 0.2) is 52.8 Å². The van der Waals surface area contributed by atoms with E-state index in [1.807, 2.05) is 18.4 Å². The van der Waals surface area contributed by atoms with E-state index in [2.05, 4.69) is 68.0 Å². The van der Waals surface area contributed by atoms with Gasteiger partial charge >= 0.3 is 0 Å². The molecule has 1 aliphatic heterocycles. The van der Waals surface area contributed by atoms with Gasteiger partial charge < -0.3 is 15.1 Å². The zero-order valence-corrected chi connectivity index (χ0v) is 15.6. The van der Waals surface area contributed by atoms with Crippen molar-refractivity contribution in [1.29, 1.82) is 0 Å². The zero-order valence-electron chi connectivity index (χ0n) is 14.8. The van der Waals surface area contributed by atoms with E-state index in [1.165, 1.54) is 23.4 Å². The average Bonchev–Trinajstić information content (AvgIpc) is 3.26. The molecule has 0 radical (unpaired) electrons. The van der Waals surface area contributed by atoms with Gasteiger partial charge in [-0.05, 0) is 35.9 Å². The molecule has 2 fully saturated rings. The molecule has 4 nitrogen and oxygen atoms in total. The fourth-order valence-corrected chi connectivity index (χ4v) is 4.46. The van der Waals surface area contributed by atoms with Crippen LogP contribution >= 0.6 is 11.3 Å². The van der Waals surface area contributed by atoms with Gasteiger partial charge in [-0.1, -0.05) is 30.3 Å². The first kappa shape index (κ1) is 16.5. The van der Waals surface area contributed by atoms with Gasteiger partial charge in [0.2, 0.25) is 0 Å². The lowest BCUT2D eigenvalue weighted by atomic mass is 9.96. The number of aliphatic imine (C=N–C) groups is 1. The van der Waals surface area contributed by atoms with Crippen LogP contribution in [0.25, 0.3) is 0 Å². The number of thiophene rings is 1. The highest BCUT2D eigenvalue weighted by Crippen LogP contribution is 2.47. The third-order valence-electron chi connectivity index (χ3n) is 5.43. The van der Waals surface area contributed by atoms with Crippen LogP contribution in [-0.4, -0.2) is 50.6 Å². The van der Waals surface area contributed by atoms with Crippen molar-refractivity contribution in [3.05, 3.63) is 53.4 Å². The third-order valence-corrected chi connectivity index (χ3v) is 6.36.